The van der Waals surface area contributed by atoms with Crippen LogP contribution in [-0.4, -0.2) is 6.54 Å². The molecule has 0 spiro atoms. The molecule has 0 saturated heterocycles. The average Bonchev–Trinajstić information content (AvgIpc) is 2.22. The molecule has 0 atom stereocenters. The molecule has 1 aliphatic rings. The number of hydrogen-bond acceptors (Lipinski definition) is 2. The second kappa shape index (κ2) is 8.92. The second-order valence-electron chi connectivity index (χ2n) is 3.98. The zero-order valence-electron chi connectivity index (χ0n) is 9.12. The molecule has 1 heterocycles. The Labute approximate surface area is 87.5 Å². The first kappa shape index (κ1) is 11.4. The number of hydrogen-bond donors (Lipinski definition) is 0. The van der Waals surface area contributed by atoms with E-state index < -0.39 is 0 Å². The van der Waals surface area contributed by atoms with Crippen molar-refractivity contribution in [3.8, 4) is 0 Å². The van der Waals surface area contributed by atoms with Crippen LogP contribution < -0.4 is 0 Å². The third kappa shape index (κ3) is 6.81. The normalized spacial score (nSPS) is 21.7. The molecule has 0 radical (unpaired) electrons. The predicted octanol–water partition coefficient (Wildman–Crippen LogP) is 4.48. The Morgan fingerprint density at radius 3 is 2.14 bits per heavy atom. The third-order valence-electron chi connectivity index (χ3n) is 2.63. The van der Waals surface area contributed by atoms with Crippen LogP contribution in [0.1, 0.15) is 57.8 Å². The molecule has 14 heavy (non-hydrogen) atoms. The first-order valence-electron chi connectivity index (χ1n) is 6.02. The van der Waals surface area contributed by atoms with E-state index in [0.717, 1.165) is 6.54 Å². The zero-order valence-corrected chi connectivity index (χ0v) is 9.12. The fourth-order valence-electron chi connectivity index (χ4n) is 1.73. The maximum atomic E-state index is 4.10. The monoisotopic (exact) mass is 194 g/mol. The largest absolute Gasteiger partial charge is 0.189 e. The minimum absolute atomic E-state index is 0.907. The van der Waals surface area contributed by atoms with Crippen molar-refractivity contribution in [2.75, 3.05) is 6.54 Å². The Morgan fingerprint density at radius 2 is 1.36 bits per heavy atom. The Bertz CT molecular complexity index is 153. The summed E-state index contributed by atoms with van der Waals surface area (Å²) in [7, 11) is 0. The lowest BCUT2D eigenvalue weighted by atomic mass is 10.1. The topological polar surface area (TPSA) is 24.7 Å². The van der Waals surface area contributed by atoms with E-state index in [-0.39, 0.29) is 0 Å². The number of rotatable bonds is 0. The highest BCUT2D eigenvalue weighted by Crippen LogP contribution is 2.10. The molecule has 0 N–H and O–H groups in total. The highest BCUT2D eigenvalue weighted by atomic mass is 15.1. The molecule has 0 aromatic heterocycles. The fraction of sp³-hybridized carbons (Fsp3) is 0.833. The summed E-state index contributed by atoms with van der Waals surface area (Å²) < 4.78 is 0. The quantitative estimate of drug-likeness (QED) is 0.543. The van der Waals surface area contributed by atoms with Crippen LogP contribution >= 0.6 is 0 Å². The van der Waals surface area contributed by atoms with Gasteiger partial charge >= 0.3 is 0 Å². The first-order valence-corrected chi connectivity index (χ1v) is 6.02. The smallest absolute Gasteiger partial charge is 0.0603 e. The molecule has 0 aromatic rings. The lowest BCUT2D eigenvalue weighted by molar-refractivity contribution is 0.568. The second-order valence-corrected chi connectivity index (χ2v) is 3.98. The Kier molecular flexibility index (Phi) is 7.27. The van der Waals surface area contributed by atoms with Gasteiger partial charge in [-0.15, -0.1) is 0 Å². The number of allylic oxidation sites excluding steroid dienone is 1. The van der Waals surface area contributed by atoms with Crippen LogP contribution in [0.4, 0.5) is 0 Å². The fourth-order valence-corrected chi connectivity index (χ4v) is 1.73. The lowest BCUT2D eigenvalue weighted by Gasteiger charge is -2.01. The van der Waals surface area contributed by atoms with E-state index in [1.165, 1.54) is 57.8 Å². The van der Waals surface area contributed by atoms with Crippen LogP contribution in [0.15, 0.2) is 22.5 Å². The summed E-state index contributed by atoms with van der Waals surface area (Å²) in [6.07, 6.45) is 16.0. The molecule has 1 rings (SSSR count). The Hall–Kier alpha value is -0.660. The lowest BCUT2D eigenvalue weighted by Crippen LogP contribution is -1.84. The highest BCUT2D eigenvalue weighted by molar-refractivity contribution is 4.77. The van der Waals surface area contributed by atoms with E-state index in [1.54, 1.807) is 0 Å². The Morgan fingerprint density at radius 1 is 0.714 bits per heavy atom. The molecule has 0 saturated carbocycles. The molecule has 0 fully saturated rings. The summed E-state index contributed by atoms with van der Waals surface area (Å²) in [5.74, 6) is 0. The minimum atomic E-state index is 0.907. The van der Waals surface area contributed by atoms with Crippen LogP contribution in [0.5, 0.6) is 0 Å². The van der Waals surface area contributed by atoms with Crippen LogP contribution in [0.2, 0.25) is 0 Å². The molecule has 0 amide bonds. The van der Waals surface area contributed by atoms with Crippen molar-refractivity contribution in [1.29, 1.82) is 0 Å². The summed E-state index contributed by atoms with van der Waals surface area (Å²) in [6.45, 7) is 0.907. The van der Waals surface area contributed by atoms with Gasteiger partial charge in [-0.3, -0.25) is 0 Å². The van der Waals surface area contributed by atoms with E-state index in [9.17, 15) is 0 Å². The summed E-state index contributed by atoms with van der Waals surface area (Å²) in [5.41, 5.74) is 0. The van der Waals surface area contributed by atoms with Gasteiger partial charge in [0.25, 0.3) is 0 Å². The first-order chi connectivity index (χ1) is 7.00. The van der Waals surface area contributed by atoms with Gasteiger partial charge in [-0.2, -0.15) is 10.2 Å². The predicted molar refractivity (Wildman–Crippen MR) is 60.4 cm³/mol. The van der Waals surface area contributed by atoms with E-state index in [0.29, 0.717) is 0 Å². The van der Waals surface area contributed by atoms with Gasteiger partial charge in [0.1, 0.15) is 0 Å². The van der Waals surface area contributed by atoms with Crippen molar-refractivity contribution in [1.82, 2.24) is 0 Å². The van der Waals surface area contributed by atoms with Crippen molar-refractivity contribution < 1.29 is 0 Å². The van der Waals surface area contributed by atoms with Crippen molar-refractivity contribution in [2.24, 2.45) is 10.2 Å². The highest BCUT2D eigenvalue weighted by Gasteiger charge is 1.92. The standard InChI is InChI=1S/C12H22N2/c1-2-4-6-8-10-12-14-13-11-9-7-5-3-1/h9,11H,1-8,10,12H2. The maximum absolute atomic E-state index is 4.10. The van der Waals surface area contributed by atoms with Gasteiger partial charge in [0.05, 0.1) is 6.54 Å². The molecule has 2 heteroatoms. The molecule has 1 aliphatic heterocycles. The SMILES string of the molecule is C1=CN=NCCCCCCCCCC1. The summed E-state index contributed by atoms with van der Waals surface area (Å²) >= 11 is 0. The molecule has 2 nitrogen and oxygen atoms in total. The van der Waals surface area contributed by atoms with Gasteiger partial charge in [0.15, 0.2) is 0 Å². The van der Waals surface area contributed by atoms with Crippen molar-refractivity contribution in [3.05, 3.63) is 12.3 Å². The van der Waals surface area contributed by atoms with Crippen molar-refractivity contribution in [3.63, 3.8) is 0 Å². The molecule has 0 unspecified atom stereocenters. The number of azo groups is 1. The van der Waals surface area contributed by atoms with Crippen molar-refractivity contribution >= 4 is 0 Å². The van der Waals surface area contributed by atoms with Crippen LogP contribution in [0, 0.1) is 0 Å². The Balaban J connectivity index is 2.17. The van der Waals surface area contributed by atoms with E-state index in [4.69, 9.17) is 0 Å². The molecular weight excluding hydrogens is 172 g/mol. The van der Waals surface area contributed by atoms with Gasteiger partial charge in [0.2, 0.25) is 0 Å². The summed E-state index contributed by atoms with van der Waals surface area (Å²) in [4.78, 5) is 0. The third-order valence-corrected chi connectivity index (χ3v) is 2.63. The number of nitrogens with zero attached hydrogens (tertiary/aromatic N) is 2. The van der Waals surface area contributed by atoms with E-state index in [1.807, 2.05) is 6.20 Å². The van der Waals surface area contributed by atoms with Gasteiger partial charge in [-0.1, -0.05) is 44.6 Å². The van der Waals surface area contributed by atoms with Crippen LogP contribution in [-0.2, 0) is 0 Å². The molecule has 80 valence electrons. The van der Waals surface area contributed by atoms with Gasteiger partial charge in [-0.05, 0) is 19.3 Å². The minimum Gasteiger partial charge on any atom is -0.189 e. The van der Waals surface area contributed by atoms with Gasteiger partial charge in [0, 0.05) is 6.20 Å². The van der Waals surface area contributed by atoms with Gasteiger partial charge < -0.3 is 0 Å². The summed E-state index contributed by atoms with van der Waals surface area (Å²) in [5, 5.41) is 8.10. The van der Waals surface area contributed by atoms with E-state index >= 15 is 0 Å². The molecular formula is C12H22N2. The van der Waals surface area contributed by atoms with Gasteiger partial charge in [-0.25, -0.2) is 0 Å². The summed E-state index contributed by atoms with van der Waals surface area (Å²) in [6, 6.07) is 0. The molecule has 0 aromatic carbocycles. The molecule has 0 bridgehead atoms. The van der Waals surface area contributed by atoms with Crippen LogP contribution in [0.25, 0.3) is 0 Å². The zero-order chi connectivity index (χ0) is 9.90. The van der Waals surface area contributed by atoms with Crippen LogP contribution in [0.3, 0.4) is 0 Å². The molecule has 0 aliphatic carbocycles. The maximum Gasteiger partial charge on any atom is 0.0603 e. The van der Waals surface area contributed by atoms with E-state index in [2.05, 4.69) is 16.3 Å². The average molecular weight is 194 g/mol. The van der Waals surface area contributed by atoms with Crippen molar-refractivity contribution in [2.45, 2.75) is 57.8 Å².